The summed E-state index contributed by atoms with van der Waals surface area (Å²) >= 11 is 6.08. The topological polar surface area (TPSA) is 75.7 Å². The van der Waals surface area contributed by atoms with Gasteiger partial charge in [0.05, 0.1) is 29.8 Å². The number of ether oxygens (including phenoxy) is 1. The van der Waals surface area contributed by atoms with Gasteiger partial charge in [0.25, 0.3) is 0 Å². The molecule has 0 aliphatic heterocycles. The van der Waals surface area contributed by atoms with Gasteiger partial charge >= 0.3 is 0 Å². The summed E-state index contributed by atoms with van der Waals surface area (Å²) in [5.41, 5.74) is -0.110. The van der Waals surface area contributed by atoms with E-state index in [-0.39, 0.29) is 22.8 Å². The molecule has 0 radical (unpaired) electrons. The lowest BCUT2D eigenvalue weighted by molar-refractivity contribution is -0.117. The van der Waals surface area contributed by atoms with Gasteiger partial charge in [-0.05, 0) is 36.8 Å². The monoisotopic (exact) mass is 432 g/mol. The smallest absolute Gasteiger partial charge is 0.248 e. The summed E-state index contributed by atoms with van der Waals surface area (Å²) in [6, 6.07) is 5.75. The second-order valence-electron chi connectivity index (χ2n) is 5.92. The Morgan fingerprint density at radius 3 is 2.43 bits per heavy atom. The number of benzene rings is 2. The summed E-state index contributed by atoms with van der Waals surface area (Å²) in [5, 5.41) is 2.46. The summed E-state index contributed by atoms with van der Waals surface area (Å²) in [6.07, 6.45) is 1.03. The summed E-state index contributed by atoms with van der Waals surface area (Å²) in [6.45, 7) is 1.61. The van der Waals surface area contributed by atoms with E-state index < -0.39 is 33.6 Å². The van der Waals surface area contributed by atoms with Crippen LogP contribution < -0.4 is 14.4 Å². The first kappa shape index (κ1) is 21.9. The van der Waals surface area contributed by atoms with Crippen LogP contribution in [-0.2, 0) is 14.8 Å². The van der Waals surface area contributed by atoms with Crippen molar-refractivity contribution in [2.45, 2.75) is 19.4 Å². The zero-order valence-electron chi connectivity index (χ0n) is 15.4. The first-order valence-electron chi connectivity index (χ1n) is 8.17. The number of halogens is 3. The van der Waals surface area contributed by atoms with Gasteiger partial charge in [0, 0.05) is 6.07 Å². The molecule has 1 amide bonds. The molecule has 0 bridgehead atoms. The molecule has 6 nitrogen and oxygen atoms in total. The quantitative estimate of drug-likeness (QED) is 0.721. The van der Waals surface area contributed by atoms with E-state index in [2.05, 4.69) is 5.32 Å². The summed E-state index contributed by atoms with van der Waals surface area (Å²) < 4.78 is 57.7. The van der Waals surface area contributed by atoms with Crippen LogP contribution in [0.4, 0.5) is 20.2 Å². The Bertz CT molecular complexity index is 986. The van der Waals surface area contributed by atoms with Gasteiger partial charge in [-0.15, -0.1) is 0 Å². The molecule has 0 fully saturated rings. The maximum absolute atomic E-state index is 13.9. The summed E-state index contributed by atoms with van der Waals surface area (Å²) in [5.74, 6) is -2.20. The van der Waals surface area contributed by atoms with Gasteiger partial charge < -0.3 is 10.1 Å². The molecule has 2 aromatic carbocycles. The molecule has 1 N–H and O–H groups in total. The van der Waals surface area contributed by atoms with Crippen LogP contribution in [0.15, 0.2) is 36.4 Å². The lowest BCUT2D eigenvalue weighted by Gasteiger charge is -2.30. The van der Waals surface area contributed by atoms with E-state index in [1.54, 1.807) is 6.92 Å². The number of sulfonamides is 1. The van der Waals surface area contributed by atoms with Crippen LogP contribution >= 0.6 is 11.6 Å². The van der Waals surface area contributed by atoms with Crippen LogP contribution in [0.5, 0.6) is 5.75 Å². The molecule has 2 rings (SSSR count). The average Bonchev–Trinajstić information content (AvgIpc) is 2.60. The number of amides is 1. The fourth-order valence-corrected chi connectivity index (χ4v) is 4.12. The number of hydrogen-bond donors (Lipinski definition) is 1. The van der Waals surface area contributed by atoms with Crippen molar-refractivity contribution in [2.24, 2.45) is 0 Å². The number of anilines is 2. The largest absolute Gasteiger partial charge is 0.495 e. The maximum Gasteiger partial charge on any atom is 0.248 e. The fraction of sp³-hybridized carbons (Fsp3) is 0.278. The second kappa shape index (κ2) is 8.74. The zero-order valence-corrected chi connectivity index (χ0v) is 16.9. The molecule has 0 aliphatic rings. The predicted molar refractivity (Wildman–Crippen MR) is 104 cm³/mol. The van der Waals surface area contributed by atoms with Gasteiger partial charge in [-0.3, -0.25) is 9.10 Å². The molecule has 152 valence electrons. The van der Waals surface area contributed by atoms with Crippen molar-refractivity contribution < 1.29 is 26.7 Å². The summed E-state index contributed by atoms with van der Waals surface area (Å²) in [7, 11) is -2.49. The van der Waals surface area contributed by atoms with Crippen LogP contribution in [0.25, 0.3) is 0 Å². The van der Waals surface area contributed by atoms with E-state index in [1.807, 2.05) is 0 Å². The summed E-state index contributed by atoms with van der Waals surface area (Å²) in [4.78, 5) is 12.7. The molecular formula is C18H19ClF2N2O4S. The van der Waals surface area contributed by atoms with Crippen LogP contribution in [0, 0.1) is 11.6 Å². The highest BCUT2D eigenvalue weighted by Crippen LogP contribution is 2.32. The Labute approximate surface area is 167 Å². The number of carbonyl (C=O) groups excluding carboxylic acids is 1. The van der Waals surface area contributed by atoms with Crippen LogP contribution in [0.3, 0.4) is 0 Å². The molecule has 0 unspecified atom stereocenters. The number of methoxy groups -OCH3 is 1. The van der Waals surface area contributed by atoms with E-state index in [9.17, 15) is 22.0 Å². The number of nitrogens with one attached hydrogen (secondary N) is 1. The van der Waals surface area contributed by atoms with Gasteiger partial charge in [0.15, 0.2) is 0 Å². The third-order valence-electron chi connectivity index (χ3n) is 3.91. The van der Waals surface area contributed by atoms with Crippen LogP contribution in [-0.4, -0.2) is 33.7 Å². The van der Waals surface area contributed by atoms with E-state index in [4.69, 9.17) is 16.3 Å². The Morgan fingerprint density at radius 1 is 1.25 bits per heavy atom. The zero-order chi connectivity index (χ0) is 21.1. The first-order valence-corrected chi connectivity index (χ1v) is 10.4. The van der Waals surface area contributed by atoms with E-state index in [0.29, 0.717) is 11.8 Å². The molecule has 0 saturated heterocycles. The van der Waals surface area contributed by atoms with Crippen molar-refractivity contribution in [3.8, 4) is 5.75 Å². The minimum absolute atomic E-state index is 0.0887. The van der Waals surface area contributed by atoms with Crippen molar-refractivity contribution in [1.29, 1.82) is 0 Å². The van der Waals surface area contributed by atoms with Crippen molar-refractivity contribution >= 4 is 38.9 Å². The van der Waals surface area contributed by atoms with Gasteiger partial charge in [-0.25, -0.2) is 17.2 Å². The molecule has 0 saturated carbocycles. The lowest BCUT2D eigenvalue weighted by Crippen LogP contribution is -2.47. The lowest BCUT2D eigenvalue weighted by atomic mass is 10.1. The normalized spacial score (nSPS) is 12.4. The molecule has 0 aliphatic carbocycles. The molecule has 2 aromatic rings. The minimum atomic E-state index is -3.90. The third kappa shape index (κ3) is 4.90. The van der Waals surface area contributed by atoms with Gasteiger partial charge in [0.1, 0.15) is 23.4 Å². The highest BCUT2D eigenvalue weighted by atomic mass is 35.5. The SMILES string of the molecule is CC[C@@H](C(=O)Nc1ccc(F)cc1F)N(c1ccc(OC)c(Cl)c1)S(C)(=O)=O. The Balaban J connectivity index is 2.42. The van der Waals surface area contributed by atoms with Crippen molar-refractivity contribution in [3.05, 3.63) is 53.1 Å². The van der Waals surface area contributed by atoms with Crippen molar-refractivity contribution in [3.63, 3.8) is 0 Å². The molecule has 10 heteroatoms. The fourth-order valence-electron chi connectivity index (χ4n) is 2.66. The highest BCUT2D eigenvalue weighted by molar-refractivity contribution is 7.92. The van der Waals surface area contributed by atoms with E-state index >= 15 is 0 Å². The molecule has 1 atom stereocenters. The second-order valence-corrected chi connectivity index (χ2v) is 8.18. The minimum Gasteiger partial charge on any atom is -0.495 e. The standard InChI is InChI=1S/C18H19ClF2N2O4S/c1-4-16(18(24)22-15-7-5-11(20)9-14(15)21)23(28(3,25)26)12-6-8-17(27-2)13(19)10-12/h5-10,16H,4H2,1-3H3,(H,22,24)/t16-/m0/s1. The van der Waals surface area contributed by atoms with Crippen LogP contribution in [0.1, 0.15) is 13.3 Å². The van der Waals surface area contributed by atoms with Crippen LogP contribution in [0.2, 0.25) is 5.02 Å². The number of rotatable bonds is 7. The van der Waals surface area contributed by atoms with Gasteiger partial charge in [-0.1, -0.05) is 18.5 Å². The average molecular weight is 433 g/mol. The highest BCUT2D eigenvalue weighted by Gasteiger charge is 2.32. The molecule has 0 aromatic heterocycles. The predicted octanol–water partition coefficient (Wildman–Crippen LogP) is 3.81. The third-order valence-corrected chi connectivity index (χ3v) is 5.38. The number of hydrogen-bond acceptors (Lipinski definition) is 4. The van der Waals surface area contributed by atoms with E-state index in [0.717, 1.165) is 22.7 Å². The molecule has 28 heavy (non-hydrogen) atoms. The van der Waals surface area contributed by atoms with E-state index in [1.165, 1.54) is 25.3 Å². The molecule has 0 spiro atoms. The molecular weight excluding hydrogens is 414 g/mol. The Morgan fingerprint density at radius 2 is 1.93 bits per heavy atom. The van der Waals surface area contributed by atoms with Crippen molar-refractivity contribution in [2.75, 3.05) is 23.0 Å². The Kier molecular flexibility index (Phi) is 6.84. The first-order chi connectivity index (χ1) is 13.1. The van der Waals surface area contributed by atoms with Gasteiger partial charge in [-0.2, -0.15) is 0 Å². The number of nitrogens with zero attached hydrogens (tertiary/aromatic N) is 1. The number of carbonyl (C=O) groups is 1. The van der Waals surface area contributed by atoms with Gasteiger partial charge in [0.2, 0.25) is 15.9 Å². The maximum atomic E-state index is 13.9. The van der Waals surface area contributed by atoms with Crippen molar-refractivity contribution in [1.82, 2.24) is 0 Å². The molecule has 0 heterocycles. The Hall–Kier alpha value is -2.39.